The molecule has 0 aliphatic carbocycles. The molecule has 1 aromatic rings. The molecule has 0 amide bonds. The second-order valence-electron chi connectivity index (χ2n) is 4.32. The van der Waals surface area contributed by atoms with Crippen molar-refractivity contribution >= 4 is 5.78 Å². The van der Waals surface area contributed by atoms with Crippen LogP contribution in [-0.4, -0.2) is 50.1 Å². The topological polar surface area (TPSA) is 38.8 Å². The van der Waals surface area contributed by atoms with Crippen molar-refractivity contribution in [3.63, 3.8) is 0 Å². The summed E-state index contributed by atoms with van der Waals surface area (Å²) in [6.45, 7) is 5.20. The zero-order chi connectivity index (χ0) is 13.0. The van der Waals surface area contributed by atoms with E-state index >= 15 is 0 Å². The van der Waals surface area contributed by atoms with Gasteiger partial charge in [0, 0.05) is 13.1 Å². The van der Waals surface area contributed by atoms with Crippen molar-refractivity contribution in [3.05, 3.63) is 29.8 Å². The van der Waals surface area contributed by atoms with Gasteiger partial charge in [-0.15, -0.1) is 0 Å². The molecular formula is C14H19NO3. The third kappa shape index (κ3) is 2.71. The molecule has 0 saturated carbocycles. The van der Waals surface area contributed by atoms with Crippen LogP contribution < -0.4 is 4.74 Å². The van der Waals surface area contributed by atoms with Gasteiger partial charge in [-0.1, -0.05) is 19.1 Å². The number of methoxy groups -OCH3 is 1. The fourth-order valence-corrected chi connectivity index (χ4v) is 2.17. The fraction of sp³-hybridized carbons (Fsp3) is 0.500. The molecule has 18 heavy (non-hydrogen) atoms. The number of para-hydroxylation sites is 1. The van der Waals surface area contributed by atoms with E-state index in [1.807, 2.05) is 12.1 Å². The molecule has 1 heterocycles. The number of nitrogens with zero attached hydrogens (tertiary/aromatic N) is 1. The first-order chi connectivity index (χ1) is 8.76. The Balaban J connectivity index is 2.15. The molecule has 2 rings (SSSR count). The van der Waals surface area contributed by atoms with Crippen LogP contribution in [0.3, 0.4) is 0 Å². The second-order valence-corrected chi connectivity index (χ2v) is 4.32. The van der Waals surface area contributed by atoms with Gasteiger partial charge in [-0.3, -0.25) is 9.69 Å². The van der Waals surface area contributed by atoms with Crippen molar-refractivity contribution in [2.75, 3.05) is 33.4 Å². The first kappa shape index (κ1) is 13.1. The maximum atomic E-state index is 12.4. The van der Waals surface area contributed by atoms with E-state index in [4.69, 9.17) is 9.47 Å². The van der Waals surface area contributed by atoms with Gasteiger partial charge in [-0.05, 0) is 18.7 Å². The molecule has 1 atom stereocenters. The summed E-state index contributed by atoms with van der Waals surface area (Å²) < 4.78 is 10.8. The van der Waals surface area contributed by atoms with E-state index in [0.29, 0.717) is 24.5 Å². The van der Waals surface area contributed by atoms with E-state index in [9.17, 15) is 4.79 Å². The molecule has 0 spiro atoms. The van der Waals surface area contributed by atoms with Gasteiger partial charge in [0.1, 0.15) is 11.9 Å². The lowest BCUT2D eigenvalue weighted by Gasteiger charge is -2.31. The standard InChI is InChI=1S/C14H19NO3/c1-3-15-8-9-18-13(10-15)14(16)11-6-4-5-7-12(11)17-2/h4-7,13H,3,8-10H2,1-2H3. The first-order valence-electron chi connectivity index (χ1n) is 6.27. The van der Waals surface area contributed by atoms with Crippen LogP contribution in [0.2, 0.25) is 0 Å². The largest absolute Gasteiger partial charge is 0.496 e. The Bertz CT molecular complexity index is 419. The lowest BCUT2D eigenvalue weighted by molar-refractivity contribution is -0.0149. The van der Waals surface area contributed by atoms with Gasteiger partial charge < -0.3 is 9.47 Å². The van der Waals surface area contributed by atoms with E-state index in [2.05, 4.69) is 11.8 Å². The molecule has 1 unspecified atom stereocenters. The number of ketones is 1. The summed E-state index contributed by atoms with van der Waals surface area (Å²) in [4.78, 5) is 14.6. The quantitative estimate of drug-likeness (QED) is 0.760. The van der Waals surface area contributed by atoms with Gasteiger partial charge in [0.25, 0.3) is 0 Å². The van der Waals surface area contributed by atoms with E-state index < -0.39 is 0 Å². The minimum atomic E-state index is -0.380. The van der Waals surface area contributed by atoms with Gasteiger partial charge in [0.15, 0.2) is 5.78 Å². The van der Waals surface area contributed by atoms with Gasteiger partial charge in [-0.2, -0.15) is 0 Å². The third-order valence-corrected chi connectivity index (χ3v) is 3.26. The molecule has 1 fully saturated rings. The molecule has 98 valence electrons. The highest BCUT2D eigenvalue weighted by Gasteiger charge is 2.28. The Hall–Kier alpha value is -1.39. The Morgan fingerprint density at radius 2 is 2.28 bits per heavy atom. The molecule has 0 bridgehead atoms. The number of likely N-dealkylation sites (N-methyl/N-ethyl adjacent to an activating group) is 1. The molecule has 1 aliphatic heterocycles. The van der Waals surface area contributed by atoms with Crippen LogP contribution in [0, 0.1) is 0 Å². The van der Waals surface area contributed by atoms with Crippen LogP contribution in [0.15, 0.2) is 24.3 Å². The number of hydrogen-bond acceptors (Lipinski definition) is 4. The van der Waals surface area contributed by atoms with Crippen LogP contribution in [0.1, 0.15) is 17.3 Å². The summed E-state index contributed by atoms with van der Waals surface area (Å²) in [5.41, 5.74) is 0.600. The normalized spacial score (nSPS) is 20.7. The molecule has 0 aromatic heterocycles. The van der Waals surface area contributed by atoms with Crippen LogP contribution in [0.4, 0.5) is 0 Å². The van der Waals surface area contributed by atoms with Gasteiger partial charge in [-0.25, -0.2) is 0 Å². The lowest BCUT2D eigenvalue weighted by Crippen LogP contribution is -2.45. The molecule has 4 heteroatoms. The third-order valence-electron chi connectivity index (χ3n) is 3.26. The Labute approximate surface area is 107 Å². The van der Waals surface area contributed by atoms with Gasteiger partial charge >= 0.3 is 0 Å². The predicted molar refractivity (Wildman–Crippen MR) is 69.2 cm³/mol. The highest BCUT2D eigenvalue weighted by molar-refractivity contribution is 6.02. The number of Topliss-reactive ketones (excluding diaryl/α,β-unsaturated/α-hetero) is 1. The molecule has 0 radical (unpaired) electrons. The molecule has 1 aliphatic rings. The number of ether oxygens (including phenoxy) is 2. The summed E-state index contributed by atoms with van der Waals surface area (Å²) in [7, 11) is 1.58. The maximum absolute atomic E-state index is 12.4. The molecule has 0 N–H and O–H groups in total. The lowest BCUT2D eigenvalue weighted by atomic mass is 10.0. The Morgan fingerprint density at radius 3 is 3.00 bits per heavy atom. The Kier molecular flexibility index (Phi) is 4.33. The molecule has 1 aromatic carbocycles. The number of benzene rings is 1. The second kappa shape index (κ2) is 5.98. The van der Waals surface area contributed by atoms with E-state index in [0.717, 1.165) is 13.1 Å². The molecule has 4 nitrogen and oxygen atoms in total. The molecular weight excluding hydrogens is 230 g/mol. The van der Waals surface area contributed by atoms with Crippen molar-refractivity contribution in [1.29, 1.82) is 0 Å². The van der Waals surface area contributed by atoms with Crippen LogP contribution in [0.5, 0.6) is 5.75 Å². The first-order valence-corrected chi connectivity index (χ1v) is 6.27. The number of carbonyl (C=O) groups excluding carboxylic acids is 1. The summed E-state index contributed by atoms with van der Waals surface area (Å²) in [6.07, 6.45) is -0.380. The highest BCUT2D eigenvalue weighted by Crippen LogP contribution is 2.21. The van der Waals surface area contributed by atoms with Crippen molar-refractivity contribution < 1.29 is 14.3 Å². The van der Waals surface area contributed by atoms with E-state index in [1.165, 1.54) is 0 Å². The summed E-state index contributed by atoms with van der Waals surface area (Å²) in [5, 5.41) is 0. The summed E-state index contributed by atoms with van der Waals surface area (Å²) >= 11 is 0. The van der Waals surface area contributed by atoms with Gasteiger partial charge in [0.05, 0.1) is 19.3 Å². The fourth-order valence-electron chi connectivity index (χ4n) is 2.17. The summed E-state index contributed by atoms with van der Waals surface area (Å²) in [5.74, 6) is 0.616. The highest BCUT2D eigenvalue weighted by atomic mass is 16.5. The average Bonchev–Trinajstić information content (AvgIpc) is 2.46. The zero-order valence-corrected chi connectivity index (χ0v) is 10.9. The van der Waals surface area contributed by atoms with Crippen molar-refractivity contribution in [2.45, 2.75) is 13.0 Å². The summed E-state index contributed by atoms with van der Waals surface area (Å²) in [6, 6.07) is 7.29. The predicted octanol–water partition coefficient (Wildman–Crippen LogP) is 1.60. The Morgan fingerprint density at radius 1 is 1.50 bits per heavy atom. The van der Waals surface area contributed by atoms with Crippen LogP contribution in [0.25, 0.3) is 0 Å². The minimum absolute atomic E-state index is 0.00519. The van der Waals surface area contributed by atoms with Crippen molar-refractivity contribution in [3.8, 4) is 5.75 Å². The van der Waals surface area contributed by atoms with Crippen LogP contribution >= 0.6 is 0 Å². The smallest absolute Gasteiger partial charge is 0.196 e. The maximum Gasteiger partial charge on any atom is 0.196 e. The number of carbonyl (C=O) groups is 1. The monoisotopic (exact) mass is 249 g/mol. The zero-order valence-electron chi connectivity index (χ0n) is 10.9. The van der Waals surface area contributed by atoms with E-state index in [-0.39, 0.29) is 11.9 Å². The molecule has 1 saturated heterocycles. The number of hydrogen-bond donors (Lipinski definition) is 0. The van der Waals surface area contributed by atoms with Crippen LogP contribution in [-0.2, 0) is 4.74 Å². The average molecular weight is 249 g/mol. The SMILES string of the molecule is CCN1CCOC(C(=O)c2ccccc2OC)C1. The van der Waals surface area contributed by atoms with Crippen molar-refractivity contribution in [2.24, 2.45) is 0 Å². The minimum Gasteiger partial charge on any atom is -0.496 e. The van der Waals surface area contributed by atoms with Gasteiger partial charge in [0.2, 0.25) is 0 Å². The number of rotatable bonds is 4. The number of morpholine rings is 1. The van der Waals surface area contributed by atoms with E-state index in [1.54, 1.807) is 19.2 Å². The van der Waals surface area contributed by atoms with Crippen molar-refractivity contribution in [1.82, 2.24) is 4.90 Å².